The Morgan fingerprint density at radius 2 is 1.54 bits per heavy atom. The van der Waals surface area contributed by atoms with Gasteiger partial charge in [0, 0.05) is 44.3 Å². The number of likely N-dealkylation sites (N-methyl/N-ethyl adjacent to an activating group) is 1. The van der Waals surface area contributed by atoms with Crippen molar-refractivity contribution < 1.29 is 0 Å². The lowest BCUT2D eigenvalue weighted by molar-refractivity contribution is 0.209. The Morgan fingerprint density at radius 1 is 0.886 bits per heavy atom. The standard InChI is InChI=1S/C30H43N5/c1-5-29-28(24-34(25(3)4)19-13-16-26-14-9-7-10-15-26)30(33-22-20-32(6-2)21-23-33)35(31-29)27-17-11-8-12-18-27/h7-12,14-15,17-18,25H,5-6,13,16,19-24H2,1-4H3. The van der Waals surface area contributed by atoms with E-state index in [1.54, 1.807) is 0 Å². The molecular formula is C30H43N5. The van der Waals surface area contributed by atoms with Gasteiger partial charge in [0.2, 0.25) is 0 Å². The summed E-state index contributed by atoms with van der Waals surface area (Å²) in [7, 11) is 0. The quantitative estimate of drug-likeness (QED) is 0.372. The number of benzene rings is 2. The monoisotopic (exact) mass is 473 g/mol. The lowest BCUT2D eigenvalue weighted by atomic mass is 10.1. The first-order valence-corrected chi connectivity index (χ1v) is 13.5. The molecule has 1 fully saturated rings. The molecule has 4 rings (SSSR count). The SMILES string of the molecule is CCc1nn(-c2ccccc2)c(N2CCN(CC)CC2)c1CN(CCCc1ccccc1)C(C)C. The van der Waals surface area contributed by atoms with Crippen LogP contribution in [0.3, 0.4) is 0 Å². The second-order valence-corrected chi connectivity index (χ2v) is 9.92. The molecule has 1 aliphatic rings. The van der Waals surface area contributed by atoms with Crippen LogP contribution in [0.1, 0.15) is 50.9 Å². The van der Waals surface area contributed by atoms with Crippen molar-refractivity contribution >= 4 is 5.82 Å². The van der Waals surface area contributed by atoms with Crippen molar-refractivity contribution in [1.29, 1.82) is 0 Å². The number of para-hydroxylation sites is 1. The van der Waals surface area contributed by atoms with Crippen LogP contribution in [0.2, 0.25) is 0 Å². The van der Waals surface area contributed by atoms with Crippen LogP contribution >= 0.6 is 0 Å². The Hall–Kier alpha value is -2.63. The largest absolute Gasteiger partial charge is 0.354 e. The number of aryl methyl sites for hydroxylation is 2. The Bertz CT molecular complexity index is 1020. The maximum absolute atomic E-state index is 5.19. The van der Waals surface area contributed by atoms with E-state index in [-0.39, 0.29) is 0 Å². The highest BCUT2D eigenvalue weighted by atomic mass is 15.4. The first-order chi connectivity index (χ1) is 17.1. The van der Waals surface area contributed by atoms with Gasteiger partial charge in [-0.2, -0.15) is 5.10 Å². The zero-order valence-electron chi connectivity index (χ0n) is 22.2. The molecule has 0 saturated carbocycles. The smallest absolute Gasteiger partial charge is 0.137 e. The van der Waals surface area contributed by atoms with Gasteiger partial charge in [-0.05, 0) is 63.9 Å². The van der Waals surface area contributed by atoms with Crippen LogP contribution in [0.25, 0.3) is 5.69 Å². The molecule has 2 heterocycles. The first-order valence-electron chi connectivity index (χ1n) is 13.5. The summed E-state index contributed by atoms with van der Waals surface area (Å²) in [6.45, 7) is 16.7. The Labute approximate surface area is 212 Å². The molecule has 188 valence electrons. The number of aromatic nitrogens is 2. The highest BCUT2D eigenvalue weighted by molar-refractivity contribution is 5.56. The molecule has 5 heteroatoms. The minimum absolute atomic E-state index is 0.486. The van der Waals surface area contributed by atoms with Crippen molar-refractivity contribution in [3.8, 4) is 5.69 Å². The topological polar surface area (TPSA) is 27.5 Å². The van der Waals surface area contributed by atoms with Crippen LogP contribution in [0, 0.1) is 0 Å². The molecule has 35 heavy (non-hydrogen) atoms. The summed E-state index contributed by atoms with van der Waals surface area (Å²) in [6.07, 6.45) is 3.24. The third-order valence-corrected chi connectivity index (χ3v) is 7.34. The van der Waals surface area contributed by atoms with Gasteiger partial charge in [0.15, 0.2) is 0 Å². The number of hydrogen-bond donors (Lipinski definition) is 0. The summed E-state index contributed by atoms with van der Waals surface area (Å²) in [6, 6.07) is 22.0. The minimum atomic E-state index is 0.486. The van der Waals surface area contributed by atoms with Crippen LogP contribution in [0.5, 0.6) is 0 Å². The molecule has 1 saturated heterocycles. The second kappa shape index (κ2) is 12.4. The number of piperazine rings is 1. The molecule has 2 aromatic carbocycles. The van der Waals surface area contributed by atoms with Crippen LogP contribution < -0.4 is 4.90 Å². The van der Waals surface area contributed by atoms with Gasteiger partial charge in [0.1, 0.15) is 5.82 Å². The van der Waals surface area contributed by atoms with Gasteiger partial charge >= 0.3 is 0 Å². The van der Waals surface area contributed by atoms with E-state index < -0.39 is 0 Å². The molecule has 0 atom stereocenters. The van der Waals surface area contributed by atoms with Crippen LogP contribution in [-0.4, -0.2) is 64.9 Å². The summed E-state index contributed by atoms with van der Waals surface area (Å²) >= 11 is 0. The molecule has 0 amide bonds. The molecule has 1 aromatic heterocycles. The summed E-state index contributed by atoms with van der Waals surface area (Å²) in [5, 5.41) is 5.19. The minimum Gasteiger partial charge on any atom is -0.354 e. The predicted molar refractivity (Wildman–Crippen MR) is 148 cm³/mol. The molecular weight excluding hydrogens is 430 g/mol. The van der Waals surface area contributed by atoms with Crippen molar-refractivity contribution in [1.82, 2.24) is 19.6 Å². The Kier molecular flexibility index (Phi) is 9.00. The van der Waals surface area contributed by atoms with Crippen molar-refractivity contribution in [2.45, 2.75) is 59.5 Å². The number of nitrogens with zero attached hydrogens (tertiary/aromatic N) is 5. The number of rotatable bonds is 11. The fourth-order valence-corrected chi connectivity index (χ4v) is 5.14. The van der Waals surface area contributed by atoms with Gasteiger partial charge in [-0.15, -0.1) is 0 Å². The third kappa shape index (κ3) is 6.33. The van der Waals surface area contributed by atoms with E-state index in [2.05, 4.69) is 108 Å². The summed E-state index contributed by atoms with van der Waals surface area (Å²) in [4.78, 5) is 7.77. The fraction of sp³-hybridized carbons (Fsp3) is 0.500. The van der Waals surface area contributed by atoms with Gasteiger partial charge < -0.3 is 9.80 Å². The van der Waals surface area contributed by atoms with Gasteiger partial charge in [0.25, 0.3) is 0 Å². The molecule has 5 nitrogen and oxygen atoms in total. The van der Waals surface area contributed by atoms with E-state index in [9.17, 15) is 0 Å². The predicted octanol–water partition coefficient (Wildman–Crippen LogP) is 5.42. The van der Waals surface area contributed by atoms with E-state index in [1.165, 1.54) is 29.1 Å². The van der Waals surface area contributed by atoms with Gasteiger partial charge in [-0.3, -0.25) is 4.90 Å². The van der Waals surface area contributed by atoms with Crippen LogP contribution in [0.15, 0.2) is 60.7 Å². The Balaban J connectivity index is 1.62. The van der Waals surface area contributed by atoms with Crippen molar-refractivity contribution in [2.24, 2.45) is 0 Å². The van der Waals surface area contributed by atoms with Gasteiger partial charge in [-0.1, -0.05) is 62.4 Å². The van der Waals surface area contributed by atoms with Crippen LogP contribution in [0.4, 0.5) is 5.82 Å². The summed E-state index contributed by atoms with van der Waals surface area (Å²) < 4.78 is 2.22. The van der Waals surface area contributed by atoms with Gasteiger partial charge in [0.05, 0.1) is 11.4 Å². The average molecular weight is 474 g/mol. The van der Waals surface area contributed by atoms with Gasteiger partial charge in [-0.25, -0.2) is 4.68 Å². The van der Waals surface area contributed by atoms with Crippen molar-refractivity contribution in [3.05, 3.63) is 77.5 Å². The summed E-state index contributed by atoms with van der Waals surface area (Å²) in [5.41, 5.74) is 5.23. The highest BCUT2D eigenvalue weighted by Crippen LogP contribution is 2.31. The number of anilines is 1. The van der Waals surface area contributed by atoms with E-state index in [4.69, 9.17) is 5.10 Å². The van der Waals surface area contributed by atoms with Crippen LogP contribution in [-0.2, 0) is 19.4 Å². The lowest BCUT2D eigenvalue weighted by Crippen LogP contribution is -2.47. The fourth-order valence-electron chi connectivity index (χ4n) is 5.14. The van der Waals surface area contributed by atoms with Crippen molar-refractivity contribution in [3.63, 3.8) is 0 Å². The molecule has 0 aliphatic carbocycles. The molecule has 0 unspecified atom stereocenters. The first kappa shape index (κ1) is 25.5. The maximum Gasteiger partial charge on any atom is 0.137 e. The maximum atomic E-state index is 5.19. The Morgan fingerprint density at radius 3 is 2.14 bits per heavy atom. The normalized spacial score (nSPS) is 14.9. The van der Waals surface area contributed by atoms with E-state index in [0.717, 1.165) is 64.3 Å². The summed E-state index contributed by atoms with van der Waals surface area (Å²) in [5.74, 6) is 1.30. The zero-order valence-corrected chi connectivity index (χ0v) is 22.2. The molecule has 0 bridgehead atoms. The van der Waals surface area contributed by atoms with E-state index in [1.807, 2.05) is 0 Å². The molecule has 0 N–H and O–H groups in total. The van der Waals surface area contributed by atoms with E-state index >= 15 is 0 Å². The highest BCUT2D eigenvalue weighted by Gasteiger charge is 2.27. The molecule has 0 radical (unpaired) electrons. The van der Waals surface area contributed by atoms with Crippen molar-refractivity contribution in [2.75, 3.05) is 44.2 Å². The third-order valence-electron chi connectivity index (χ3n) is 7.34. The molecule has 1 aliphatic heterocycles. The zero-order chi connectivity index (χ0) is 24.6. The average Bonchev–Trinajstić information content (AvgIpc) is 3.27. The second-order valence-electron chi connectivity index (χ2n) is 9.92. The number of hydrogen-bond acceptors (Lipinski definition) is 4. The molecule has 3 aromatic rings. The molecule has 0 spiro atoms. The van der Waals surface area contributed by atoms with E-state index in [0.29, 0.717) is 6.04 Å². The lowest BCUT2D eigenvalue weighted by Gasteiger charge is -2.36.